The first-order valence-electron chi connectivity index (χ1n) is 12.7. The third kappa shape index (κ3) is 6.47. The molecular weight excluding hydrogens is 480 g/mol. The van der Waals surface area contributed by atoms with Gasteiger partial charge < -0.3 is 20.7 Å². The molecule has 4 aromatic rings. The zero-order chi connectivity index (χ0) is 27.3. The van der Waals surface area contributed by atoms with Gasteiger partial charge in [0.05, 0.1) is 12.3 Å². The summed E-state index contributed by atoms with van der Waals surface area (Å²) >= 11 is 0. The average Bonchev–Trinajstić information content (AvgIpc) is 3.30. The van der Waals surface area contributed by atoms with Crippen LogP contribution in [0.15, 0.2) is 60.8 Å². The van der Waals surface area contributed by atoms with E-state index in [2.05, 4.69) is 46.8 Å². The van der Waals surface area contributed by atoms with E-state index in [4.69, 9.17) is 4.74 Å². The lowest BCUT2D eigenvalue weighted by Crippen LogP contribution is -2.32. The van der Waals surface area contributed by atoms with Crippen molar-refractivity contribution < 1.29 is 14.3 Å². The van der Waals surface area contributed by atoms with Crippen LogP contribution in [0.1, 0.15) is 55.3 Å². The Morgan fingerprint density at radius 1 is 0.921 bits per heavy atom. The fraction of sp³-hybridized carbons (Fsp3) is 0.310. The molecule has 9 heteroatoms. The van der Waals surface area contributed by atoms with Crippen LogP contribution in [-0.2, 0) is 0 Å². The SMILES string of the molecule is CCNC(=O)c1ccc(Nc2nc3ccc(-c4cccc(C(=O)NCC(C)(C)C)c4)cn3n2)c(OCC)c1. The Morgan fingerprint density at radius 3 is 2.42 bits per heavy atom. The van der Waals surface area contributed by atoms with E-state index in [1.807, 2.05) is 56.4 Å². The van der Waals surface area contributed by atoms with Crippen LogP contribution in [-0.4, -0.2) is 46.1 Å². The maximum absolute atomic E-state index is 12.6. The number of ether oxygens (including phenoxy) is 1. The summed E-state index contributed by atoms with van der Waals surface area (Å²) in [6.07, 6.45) is 1.88. The minimum absolute atomic E-state index is 0.00625. The number of amides is 2. The summed E-state index contributed by atoms with van der Waals surface area (Å²) in [5.74, 6) is 0.675. The Hall–Kier alpha value is -4.40. The van der Waals surface area contributed by atoms with Crippen LogP contribution in [0.3, 0.4) is 0 Å². The molecule has 0 aliphatic rings. The number of carbonyl (C=O) groups excluding carboxylic acids is 2. The molecule has 0 spiro atoms. The van der Waals surface area contributed by atoms with Gasteiger partial charge in [-0.15, -0.1) is 5.10 Å². The third-order valence-corrected chi connectivity index (χ3v) is 5.70. The zero-order valence-corrected chi connectivity index (χ0v) is 22.5. The van der Waals surface area contributed by atoms with Crippen LogP contribution < -0.4 is 20.7 Å². The van der Waals surface area contributed by atoms with Crippen molar-refractivity contribution in [2.45, 2.75) is 34.6 Å². The summed E-state index contributed by atoms with van der Waals surface area (Å²) in [6.45, 7) is 11.6. The molecule has 0 aliphatic carbocycles. The van der Waals surface area contributed by atoms with E-state index >= 15 is 0 Å². The van der Waals surface area contributed by atoms with Crippen LogP contribution in [0.25, 0.3) is 16.8 Å². The summed E-state index contributed by atoms with van der Waals surface area (Å²) in [5, 5.41) is 13.6. The van der Waals surface area contributed by atoms with Crippen molar-refractivity contribution in [3.8, 4) is 16.9 Å². The summed E-state index contributed by atoms with van der Waals surface area (Å²) < 4.78 is 7.45. The van der Waals surface area contributed by atoms with Gasteiger partial charge in [-0.2, -0.15) is 4.98 Å². The fourth-order valence-corrected chi connectivity index (χ4v) is 3.82. The molecular formula is C29H34N6O3. The Kier molecular flexibility index (Phi) is 7.95. The summed E-state index contributed by atoms with van der Waals surface area (Å²) in [6, 6.07) is 16.6. The van der Waals surface area contributed by atoms with Gasteiger partial charge in [0.15, 0.2) is 5.65 Å². The van der Waals surface area contributed by atoms with Crippen molar-refractivity contribution >= 4 is 29.1 Å². The minimum Gasteiger partial charge on any atom is -0.492 e. The molecule has 2 heterocycles. The summed E-state index contributed by atoms with van der Waals surface area (Å²) in [4.78, 5) is 29.4. The van der Waals surface area contributed by atoms with Crippen molar-refractivity contribution in [2.24, 2.45) is 5.41 Å². The first-order valence-corrected chi connectivity index (χ1v) is 12.7. The topological polar surface area (TPSA) is 110 Å². The number of fused-ring (bicyclic) bond motifs is 1. The number of hydrogen-bond acceptors (Lipinski definition) is 6. The Labute approximate surface area is 222 Å². The van der Waals surface area contributed by atoms with Gasteiger partial charge in [-0.05, 0) is 67.3 Å². The number of hydrogen-bond donors (Lipinski definition) is 3. The average molecular weight is 515 g/mol. The number of benzene rings is 2. The largest absolute Gasteiger partial charge is 0.492 e. The third-order valence-electron chi connectivity index (χ3n) is 5.70. The molecule has 9 nitrogen and oxygen atoms in total. The van der Waals surface area contributed by atoms with Crippen molar-refractivity contribution in [1.29, 1.82) is 0 Å². The molecule has 0 unspecified atom stereocenters. The monoisotopic (exact) mass is 514 g/mol. The van der Waals surface area contributed by atoms with Crippen LogP contribution in [0.4, 0.5) is 11.6 Å². The van der Waals surface area contributed by atoms with Gasteiger partial charge in [0, 0.05) is 36.0 Å². The van der Waals surface area contributed by atoms with E-state index in [-0.39, 0.29) is 17.2 Å². The van der Waals surface area contributed by atoms with E-state index in [9.17, 15) is 9.59 Å². The van der Waals surface area contributed by atoms with E-state index in [0.717, 1.165) is 11.1 Å². The number of anilines is 2. The van der Waals surface area contributed by atoms with Crippen LogP contribution >= 0.6 is 0 Å². The summed E-state index contributed by atoms with van der Waals surface area (Å²) in [5.41, 5.74) is 4.25. The highest BCUT2D eigenvalue weighted by Gasteiger charge is 2.15. The molecule has 4 rings (SSSR count). The van der Waals surface area contributed by atoms with Gasteiger partial charge in [-0.3, -0.25) is 9.59 Å². The van der Waals surface area contributed by atoms with E-state index in [0.29, 0.717) is 53.9 Å². The lowest BCUT2D eigenvalue weighted by atomic mass is 9.96. The van der Waals surface area contributed by atoms with Crippen molar-refractivity contribution in [1.82, 2.24) is 25.2 Å². The standard InChI is InChI=1S/C29H34N6O3/c1-6-30-26(36)21-11-13-23(24(16-21)38-7-2)32-28-33-25-14-12-22(17-35(25)34-28)19-9-8-10-20(15-19)27(37)31-18-29(3,4)5/h8-17H,6-7,18H2,1-5H3,(H,30,36)(H,31,37)(H,32,34). The molecule has 0 saturated carbocycles. The maximum atomic E-state index is 12.6. The van der Waals surface area contributed by atoms with Crippen LogP contribution in [0, 0.1) is 5.41 Å². The smallest absolute Gasteiger partial charge is 0.251 e. The Balaban J connectivity index is 1.56. The number of pyridine rings is 1. The highest BCUT2D eigenvalue weighted by molar-refractivity contribution is 5.96. The van der Waals surface area contributed by atoms with Crippen molar-refractivity contribution in [3.63, 3.8) is 0 Å². The second kappa shape index (κ2) is 11.3. The molecule has 0 bridgehead atoms. The predicted octanol–water partition coefficient (Wildman–Crippen LogP) is 5.06. The zero-order valence-electron chi connectivity index (χ0n) is 22.5. The van der Waals surface area contributed by atoms with E-state index < -0.39 is 0 Å². The van der Waals surface area contributed by atoms with Gasteiger partial charge in [-0.25, -0.2) is 4.52 Å². The first-order chi connectivity index (χ1) is 18.2. The Bertz CT molecular complexity index is 1450. The van der Waals surface area contributed by atoms with Crippen LogP contribution in [0.2, 0.25) is 0 Å². The normalized spacial score (nSPS) is 11.3. The second-order valence-corrected chi connectivity index (χ2v) is 10.1. The van der Waals surface area contributed by atoms with Gasteiger partial charge in [0.2, 0.25) is 5.95 Å². The minimum atomic E-state index is -0.158. The lowest BCUT2D eigenvalue weighted by Gasteiger charge is -2.18. The number of carbonyl (C=O) groups is 2. The van der Waals surface area contributed by atoms with E-state index in [1.54, 1.807) is 22.7 Å². The highest BCUT2D eigenvalue weighted by Crippen LogP contribution is 2.29. The predicted molar refractivity (Wildman–Crippen MR) is 149 cm³/mol. The van der Waals surface area contributed by atoms with Crippen LogP contribution in [0.5, 0.6) is 5.75 Å². The number of nitrogens with zero attached hydrogens (tertiary/aromatic N) is 3. The molecule has 0 atom stereocenters. The molecule has 0 saturated heterocycles. The van der Waals surface area contributed by atoms with Gasteiger partial charge in [-0.1, -0.05) is 32.9 Å². The van der Waals surface area contributed by atoms with Crippen molar-refractivity contribution in [3.05, 3.63) is 71.9 Å². The van der Waals surface area contributed by atoms with Gasteiger partial charge >= 0.3 is 0 Å². The number of rotatable bonds is 9. The Morgan fingerprint density at radius 2 is 1.68 bits per heavy atom. The number of nitrogens with one attached hydrogen (secondary N) is 3. The quantitative estimate of drug-likeness (QED) is 0.288. The molecule has 198 valence electrons. The summed E-state index contributed by atoms with van der Waals surface area (Å²) in [7, 11) is 0. The molecule has 3 N–H and O–H groups in total. The second-order valence-electron chi connectivity index (χ2n) is 10.1. The van der Waals surface area contributed by atoms with Gasteiger partial charge in [0.1, 0.15) is 5.75 Å². The lowest BCUT2D eigenvalue weighted by molar-refractivity contribution is 0.0936. The molecule has 2 aromatic heterocycles. The molecule has 2 aromatic carbocycles. The molecule has 0 fully saturated rings. The van der Waals surface area contributed by atoms with Crippen molar-refractivity contribution in [2.75, 3.05) is 25.0 Å². The van der Waals surface area contributed by atoms with E-state index in [1.165, 1.54) is 0 Å². The molecule has 2 amide bonds. The molecule has 0 radical (unpaired) electrons. The maximum Gasteiger partial charge on any atom is 0.251 e. The molecule has 38 heavy (non-hydrogen) atoms. The fourth-order valence-electron chi connectivity index (χ4n) is 3.82. The number of aromatic nitrogens is 3. The van der Waals surface area contributed by atoms with Gasteiger partial charge in [0.25, 0.3) is 11.8 Å². The first kappa shape index (κ1) is 26.7. The highest BCUT2D eigenvalue weighted by atomic mass is 16.5. The molecule has 0 aliphatic heterocycles.